The number of carbonyl (C=O) groups excluding carboxylic acids is 1. The van der Waals surface area contributed by atoms with Crippen LogP contribution in [0.3, 0.4) is 0 Å². The van der Waals surface area contributed by atoms with Gasteiger partial charge in [0.05, 0.1) is 26.0 Å². The number of rotatable bonds is 3. The SMILES string of the molecule is C=CC(=O)N[N+](C)(C)C.Cc1ccc(S(=O)(=O)[O-])cc1. The maximum absolute atomic E-state index is 10.6. The lowest BCUT2D eigenvalue weighted by atomic mass is 10.2. The molecule has 7 heteroatoms. The molecule has 0 aromatic heterocycles. The number of nitrogens with zero attached hydrogens (tertiary/aromatic N) is 1. The van der Waals surface area contributed by atoms with Crippen molar-refractivity contribution in [3.8, 4) is 0 Å². The van der Waals surface area contributed by atoms with Crippen LogP contribution >= 0.6 is 0 Å². The molecule has 0 aliphatic carbocycles. The minimum absolute atomic E-state index is 0.150. The van der Waals surface area contributed by atoms with Crippen LogP contribution in [0.15, 0.2) is 41.8 Å². The second kappa shape index (κ2) is 7.18. The third-order valence-electron chi connectivity index (χ3n) is 1.94. The van der Waals surface area contributed by atoms with Gasteiger partial charge in [-0.2, -0.15) is 5.43 Å². The highest BCUT2D eigenvalue weighted by atomic mass is 32.2. The molecule has 0 fully saturated rings. The van der Waals surface area contributed by atoms with Crippen molar-refractivity contribution in [2.45, 2.75) is 11.8 Å². The van der Waals surface area contributed by atoms with Crippen LogP contribution in [0.2, 0.25) is 0 Å². The number of quaternary nitrogens is 1. The van der Waals surface area contributed by atoms with Crippen molar-refractivity contribution in [2.24, 2.45) is 0 Å². The van der Waals surface area contributed by atoms with Crippen molar-refractivity contribution in [3.63, 3.8) is 0 Å². The summed E-state index contributed by atoms with van der Waals surface area (Å²) >= 11 is 0. The Balaban J connectivity index is 0.000000370. The Morgan fingerprint density at radius 1 is 1.25 bits per heavy atom. The van der Waals surface area contributed by atoms with Gasteiger partial charge in [-0.1, -0.05) is 24.3 Å². The van der Waals surface area contributed by atoms with E-state index in [1.54, 1.807) is 12.1 Å². The molecule has 0 saturated carbocycles. The highest BCUT2D eigenvalue weighted by Gasteiger charge is 2.07. The van der Waals surface area contributed by atoms with Gasteiger partial charge in [0.15, 0.2) is 0 Å². The van der Waals surface area contributed by atoms with Crippen LogP contribution in [-0.4, -0.2) is 44.6 Å². The van der Waals surface area contributed by atoms with Crippen LogP contribution in [0.1, 0.15) is 5.56 Å². The molecule has 112 valence electrons. The number of hydrogen-bond donors (Lipinski definition) is 1. The monoisotopic (exact) mass is 300 g/mol. The van der Waals surface area contributed by atoms with Gasteiger partial charge in [-0.25, -0.2) is 13.0 Å². The molecule has 0 bridgehead atoms. The van der Waals surface area contributed by atoms with Crippen LogP contribution in [0.4, 0.5) is 0 Å². The summed E-state index contributed by atoms with van der Waals surface area (Å²) in [5.74, 6) is -0.150. The summed E-state index contributed by atoms with van der Waals surface area (Å²) in [5.41, 5.74) is 3.58. The molecule has 1 N–H and O–H groups in total. The molecule has 0 heterocycles. The Morgan fingerprint density at radius 3 is 1.95 bits per heavy atom. The van der Waals surface area contributed by atoms with Crippen LogP contribution in [-0.2, 0) is 14.9 Å². The first-order valence-corrected chi connectivity index (χ1v) is 7.15. The van der Waals surface area contributed by atoms with E-state index >= 15 is 0 Å². The van der Waals surface area contributed by atoms with E-state index in [4.69, 9.17) is 0 Å². The Hall–Kier alpha value is -1.70. The van der Waals surface area contributed by atoms with E-state index in [0.717, 1.165) is 5.56 Å². The second-order valence-corrected chi connectivity index (χ2v) is 6.34. The fourth-order valence-electron chi connectivity index (χ4n) is 1.08. The predicted octanol–water partition coefficient (Wildman–Crippen LogP) is 0.809. The molecule has 0 radical (unpaired) electrons. The first-order chi connectivity index (χ1) is 8.95. The van der Waals surface area contributed by atoms with Crippen LogP contribution in [0.5, 0.6) is 0 Å². The summed E-state index contributed by atoms with van der Waals surface area (Å²) in [6, 6.07) is 5.78. The molecule has 0 aliphatic rings. The Morgan fingerprint density at radius 2 is 1.70 bits per heavy atom. The lowest BCUT2D eigenvalue weighted by Gasteiger charge is -2.22. The normalized spacial score (nSPS) is 11.1. The third kappa shape index (κ3) is 8.41. The van der Waals surface area contributed by atoms with Crippen molar-refractivity contribution < 1.29 is 22.4 Å². The van der Waals surface area contributed by atoms with E-state index in [9.17, 15) is 17.8 Å². The molecule has 20 heavy (non-hydrogen) atoms. The Labute approximate surface area is 120 Å². The van der Waals surface area contributed by atoms with Gasteiger partial charge in [-0.05, 0) is 19.1 Å². The smallest absolute Gasteiger partial charge is 0.288 e. The molecule has 0 saturated heterocycles. The van der Waals surface area contributed by atoms with Crippen molar-refractivity contribution in [2.75, 3.05) is 21.1 Å². The summed E-state index contributed by atoms with van der Waals surface area (Å²) in [4.78, 5) is 10.4. The zero-order chi connectivity index (χ0) is 16.0. The fourth-order valence-corrected chi connectivity index (χ4v) is 1.55. The van der Waals surface area contributed by atoms with E-state index < -0.39 is 10.1 Å². The van der Waals surface area contributed by atoms with E-state index in [1.807, 2.05) is 28.1 Å². The molecule has 0 atom stereocenters. The lowest BCUT2D eigenvalue weighted by Crippen LogP contribution is -2.50. The average Bonchev–Trinajstić information content (AvgIpc) is 2.27. The number of amides is 1. The molecule has 1 aromatic rings. The zero-order valence-electron chi connectivity index (χ0n) is 12.1. The number of aryl methyl sites for hydroxylation is 1. The van der Waals surface area contributed by atoms with Crippen molar-refractivity contribution in [1.82, 2.24) is 5.43 Å². The summed E-state index contributed by atoms with van der Waals surface area (Å²) in [7, 11) is 1.32. The van der Waals surface area contributed by atoms with E-state index in [1.165, 1.54) is 18.2 Å². The maximum atomic E-state index is 10.6. The van der Waals surface area contributed by atoms with Gasteiger partial charge in [0.1, 0.15) is 10.1 Å². The molecule has 1 amide bonds. The Kier molecular flexibility index (Phi) is 6.57. The van der Waals surface area contributed by atoms with Crippen molar-refractivity contribution >= 4 is 16.0 Å². The van der Waals surface area contributed by atoms with Gasteiger partial charge in [-0.3, -0.25) is 4.79 Å². The standard InChI is InChI=1S/C7H8O3S.C6H12N2O/c1-6-2-4-7(5-3-6)11(8,9)10;1-5-6(9)7-8(2,3)4/h2-5H,1H3,(H,8,9,10);5H,1H2,2-4H3. The zero-order valence-corrected chi connectivity index (χ0v) is 12.9. The van der Waals surface area contributed by atoms with Gasteiger partial charge < -0.3 is 4.55 Å². The van der Waals surface area contributed by atoms with Crippen molar-refractivity contribution in [1.29, 1.82) is 0 Å². The Bertz CT molecular complexity index is 557. The minimum Gasteiger partial charge on any atom is -0.744 e. The van der Waals surface area contributed by atoms with Gasteiger partial charge in [0, 0.05) is 6.08 Å². The quantitative estimate of drug-likeness (QED) is 0.387. The largest absolute Gasteiger partial charge is 0.744 e. The summed E-state index contributed by atoms with van der Waals surface area (Å²) in [5, 5.41) is 0. The lowest BCUT2D eigenvalue weighted by molar-refractivity contribution is -0.905. The maximum Gasteiger partial charge on any atom is 0.288 e. The van der Waals surface area contributed by atoms with Crippen LogP contribution < -0.4 is 5.43 Å². The van der Waals surface area contributed by atoms with E-state index in [-0.39, 0.29) is 10.8 Å². The molecule has 0 unspecified atom stereocenters. The predicted molar refractivity (Wildman–Crippen MR) is 75.5 cm³/mol. The molecule has 6 nitrogen and oxygen atoms in total. The fraction of sp³-hybridized carbons (Fsp3) is 0.308. The van der Waals surface area contributed by atoms with Crippen LogP contribution in [0, 0.1) is 6.92 Å². The van der Waals surface area contributed by atoms with Crippen molar-refractivity contribution in [3.05, 3.63) is 42.5 Å². The molecular formula is C13H20N2O4S. The highest BCUT2D eigenvalue weighted by Crippen LogP contribution is 2.08. The average molecular weight is 300 g/mol. The molecule has 1 rings (SSSR count). The van der Waals surface area contributed by atoms with Gasteiger partial charge in [0.25, 0.3) is 5.91 Å². The molecule has 0 spiro atoms. The van der Waals surface area contributed by atoms with Gasteiger partial charge in [0.2, 0.25) is 0 Å². The highest BCUT2D eigenvalue weighted by molar-refractivity contribution is 7.85. The minimum atomic E-state index is -4.27. The molecule has 1 aromatic carbocycles. The first kappa shape index (κ1) is 18.3. The number of nitrogens with one attached hydrogen (secondary N) is 1. The first-order valence-electron chi connectivity index (χ1n) is 5.74. The van der Waals surface area contributed by atoms with E-state index in [2.05, 4.69) is 12.0 Å². The number of hydrogen-bond acceptors (Lipinski definition) is 4. The van der Waals surface area contributed by atoms with Crippen LogP contribution in [0.25, 0.3) is 0 Å². The molecule has 0 aliphatic heterocycles. The summed E-state index contributed by atoms with van der Waals surface area (Å²) < 4.78 is 31.6. The summed E-state index contributed by atoms with van der Waals surface area (Å²) in [6.45, 7) is 5.14. The van der Waals surface area contributed by atoms with Gasteiger partial charge >= 0.3 is 0 Å². The topological polar surface area (TPSA) is 86.3 Å². The third-order valence-corrected chi connectivity index (χ3v) is 2.79. The van der Waals surface area contributed by atoms with Gasteiger partial charge in [-0.15, -0.1) is 0 Å². The van der Waals surface area contributed by atoms with E-state index in [0.29, 0.717) is 4.59 Å². The number of benzene rings is 1. The summed E-state index contributed by atoms with van der Waals surface area (Å²) in [6.07, 6.45) is 1.25. The number of carbonyl (C=O) groups is 1. The second-order valence-electron chi connectivity index (χ2n) is 4.96. The molecular weight excluding hydrogens is 280 g/mol.